The Labute approximate surface area is 153 Å². The number of aliphatic hydroxyl groups excluding tert-OH is 1. The molecule has 0 spiro atoms. The van der Waals surface area contributed by atoms with Crippen molar-refractivity contribution in [2.45, 2.75) is 12.2 Å². The summed E-state index contributed by atoms with van der Waals surface area (Å²) >= 11 is 0. The van der Waals surface area contributed by atoms with Crippen molar-refractivity contribution in [2.75, 3.05) is 6.61 Å². The number of nitrogens with two attached hydrogens (primary N) is 1. The molecular formula is C19H15F3N2O3. The maximum atomic E-state index is 13.4. The first-order chi connectivity index (χ1) is 12.7. The van der Waals surface area contributed by atoms with E-state index < -0.39 is 36.2 Å². The van der Waals surface area contributed by atoms with Gasteiger partial charge in [0.1, 0.15) is 6.04 Å². The number of primary amides is 1. The molecule has 0 radical (unpaired) electrons. The minimum atomic E-state index is -4.61. The molecule has 0 saturated heterocycles. The number of rotatable bonds is 4. The van der Waals surface area contributed by atoms with Crippen LogP contribution in [0.1, 0.15) is 11.1 Å². The maximum Gasteiger partial charge on any atom is 0.417 e. The predicted octanol–water partition coefficient (Wildman–Crippen LogP) is 1.69. The minimum absolute atomic E-state index is 0.00725. The normalized spacial score (nSPS) is 11.9. The topological polar surface area (TPSA) is 92.4 Å². The van der Waals surface area contributed by atoms with Crippen molar-refractivity contribution >= 4 is 11.8 Å². The summed E-state index contributed by atoms with van der Waals surface area (Å²) in [7, 11) is 0. The van der Waals surface area contributed by atoms with Gasteiger partial charge in [-0.1, -0.05) is 42.3 Å². The lowest BCUT2D eigenvalue weighted by Crippen LogP contribution is -2.46. The molecule has 0 heterocycles. The van der Waals surface area contributed by atoms with Crippen LogP contribution in [0.3, 0.4) is 0 Å². The number of benzene rings is 2. The van der Waals surface area contributed by atoms with Gasteiger partial charge in [-0.3, -0.25) is 9.59 Å². The third kappa shape index (κ3) is 5.33. The predicted molar refractivity (Wildman–Crippen MR) is 92.0 cm³/mol. The van der Waals surface area contributed by atoms with Crippen molar-refractivity contribution in [3.05, 3.63) is 59.7 Å². The summed E-state index contributed by atoms with van der Waals surface area (Å²) in [5.74, 6) is 2.47. The van der Waals surface area contributed by atoms with E-state index in [1.165, 1.54) is 12.1 Å². The van der Waals surface area contributed by atoms with Crippen LogP contribution in [0.25, 0.3) is 11.1 Å². The number of carbonyl (C=O) groups excluding carboxylic acids is 2. The molecule has 0 aromatic heterocycles. The molecule has 2 amide bonds. The lowest BCUT2D eigenvalue weighted by molar-refractivity contribution is -0.137. The monoisotopic (exact) mass is 376 g/mol. The van der Waals surface area contributed by atoms with Crippen molar-refractivity contribution in [3.63, 3.8) is 0 Å². The van der Waals surface area contributed by atoms with Crippen LogP contribution in [0.4, 0.5) is 13.2 Å². The number of halogens is 3. The zero-order valence-electron chi connectivity index (χ0n) is 13.9. The molecule has 2 aromatic rings. The zero-order chi connectivity index (χ0) is 20.0. The Morgan fingerprint density at radius 3 is 2.37 bits per heavy atom. The van der Waals surface area contributed by atoms with Gasteiger partial charge in [0.15, 0.2) is 0 Å². The maximum absolute atomic E-state index is 13.4. The molecule has 140 valence electrons. The van der Waals surface area contributed by atoms with Crippen LogP contribution in [0.5, 0.6) is 0 Å². The average Bonchev–Trinajstić information content (AvgIpc) is 2.64. The highest BCUT2D eigenvalue weighted by Gasteiger charge is 2.33. The van der Waals surface area contributed by atoms with Gasteiger partial charge in [-0.2, -0.15) is 13.2 Å². The van der Waals surface area contributed by atoms with E-state index in [1.807, 2.05) is 0 Å². The number of alkyl halides is 3. The zero-order valence-corrected chi connectivity index (χ0v) is 13.9. The van der Waals surface area contributed by atoms with Crippen LogP contribution in [0, 0.1) is 11.8 Å². The third-order valence-corrected chi connectivity index (χ3v) is 3.56. The Morgan fingerprint density at radius 1 is 1.15 bits per heavy atom. The first-order valence-corrected chi connectivity index (χ1v) is 7.71. The second-order valence-corrected chi connectivity index (χ2v) is 5.49. The van der Waals surface area contributed by atoms with Crippen LogP contribution in [-0.4, -0.2) is 29.6 Å². The molecule has 0 aliphatic carbocycles. The Hall–Kier alpha value is -3.31. The van der Waals surface area contributed by atoms with Crippen molar-refractivity contribution in [3.8, 4) is 23.0 Å². The van der Waals surface area contributed by atoms with Gasteiger partial charge in [0, 0.05) is 11.5 Å². The van der Waals surface area contributed by atoms with Gasteiger partial charge < -0.3 is 16.2 Å². The van der Waals surface area contributed by atoms with E-state index in [0.29, 0.717) is 5.56 Å². The summed E-state index contributed by atoms with van der Waals surface area (Å²) in [4.78, 5) is 22.6. The Balaban J connectivity index is 2.33. The van der Waals surface area contributed by atoms with E-state index in [9.17, 15) is 22.8 Å². The van der Waals surface area contributed by atoms with Crippen LogP contribution in [0.2, 0.25) is 0 Å². The molecular weight excluding hydrogens is 361 g/mol. The molecule has 5 nitrogen and oxygen atoms in total. The summed E-state index contributed by atoms with van der Waals surface area (Å²) in [5, 5.41) is 11.0. The molecule has 27 heavy (non-hydrogen) atoms. The fraction of sp³-hybridized carbons (Fsp3) is 0.158. The van der Waals surface area contributed by atoms with Crippen molar-refractivity contribution in [1.82, 2.24) is 5.32 Å². The Morgan fingerprint density at radius 2 is 1.81 bits per heavy atom. The van der Waals surface area contributed by atoms with Gasteiger partial charge in [-0.05, 0) is 23.3 Å². The third-order valence-electron chi connectivity index (χ3n) is 3.56. The molecule has 0 aliphatic heterocycles. The second kappa shape index (κ2) is 8.38. The van der Waals surface area contributed by atoms with Crippen molar-refractivity contribution < 1.29 is 27.9 Å². The molecule has 0 bridgehead atoms. The quantitative estimate of drug-likeness (QED) is 0.709. The lowest BCUT2D eigenvalue weighted by Gasteiger charge is -2.13. The van der Waals surface area contributed by atoms with Crippen molar-refractivity contribution in [2.24, 2.45) is 5.73 Å². The molecule has 8 heteroatoms. The summed E-state index contributed by atoms with van der Waals surface area (Å²) in [6.07, 6.45) is -4.61. The first kappa shape index (κ1) is 20.0. The summed E-state index contributed by atoms with van der Waals surface area (Å²) in [5.41, 5.74) is 4.43. The van der Waals surface area contributed by atoms with E-state index in [-0.39, 0.29) is 11.1 Å². The van der Waals surface area contributed by atoms with Gasteiger partial charge in [0.25, 0.3) is 5.91 Å². The fourth-order valence-electron chi connectivity index (χ4n) is 2.26. The van der Waals surface area contributed by atoms with E-state index in [1.54, 1.807) is 30.3 Å². The van der Waals surface area contributed by atoms with Crippen LogP contribution >= 0.6 is 0 Å². The molecule has 0 saturated carbocycles. The van der Waals surface area contributed by atoms with Crippen LogP contribution < -0.4 is 11.1 Å². The van der Waals surface area contributed by atoms with Gasteiger partial charge in [0.2, 0.25) is 5.91 Å². The van der Waals surface area contributed by atoms with Crippen LogP contribution in [0.15, 0.2) is 48.5 Å². The molecule has 2 aromatic carbocycles. The molecule has 0 fully saturated rings. The van der Waals surface area contributed by atoms with Crippen molar-refractivity contribution in [1.29, 1.82) is 0 Å². The number of amides is 2. The average molecular weight is 376 g/mol. The SMILES string of the molecule is NC(=O)[C@H](CO)NC(=O)C#Cc1ccc(-c2ccccc2)c(C(F)(F)F)c1. The summed E-state index contributed by atoms with van der Waals surface area (Å²) < 4.78 is 40.2. The van der Waals surface area contributed by atoms with E-state index >= 15 is 0 Å². The van der Waals surface area contributed by atoms with Gasteiger partial charge in [0.05, 0.1) is 12.2 Å². The van der Waals surface area contributed by atoms with E-state index in [4.69, 9.17) is 10.8 Å². The highest BCUT2D eigenvalue weighted by atomic mass is 19.4. The lowest BCUT2D eigenvalue weighted by atomic mass is 9.97. The Bertz CT molecular complexity index is 900. The van der Waals surface area contributed by atoms with E-state index in [0.717, 1.165) is 6.07 Å². The molecule has 4 N–H and O–H groups in total. The largest absolute Gasteiger partial charge is 0.417 e. The first-order valence-electron chi connectivity index (χ1n) is 7.71. The van der Waals surface area contributed by atoms with E-state index in [2.05, 4.69) is 17.2 Å². The minimum Gasteiger partial charge on any atom is -0.394 e. The van der Waals surface area contributed by atoms with Gasteiger partial charge in [-0.15, -0.1) is 0 Å². The van der Waals surface area contributed by atoms with Gasteiger partial charge in [-0.25, -0.2) is 0 Å². The van der Waals surface area contributed by atoms with Crippen LogP contribution in [-0.2, 0) is 15.8 Å². The molecule has 2 rings (SSSR count). The highest BCUT2D eigenvalue weighted by molar-refractivity contribution is 5.97. The second-order valence-electron chi connectivity index (χ2n) is 5.49. The van der Waals surface area contributed by atoms with Gasteiger partial charge >= 0.3 is 6.18 Å². The highest BCUT2D eigenvalue weighted by Crippen LogP contribution is 2.37. The number of hydrogen-bond acceptors (Lipinski definition) is 3. The summed E-state index contributed by atoms with van der Waals surface area (Å²) in [6, 6.07) is 10.2. The fourth-order valence-corrected chi connectivity index (χ4v) is 2.26. The smallest absolute Gasteiger partial charge is 0.394 e. The standard InChI is InChI=1S/C19H15F3N2O3/c20-19(21,22)15-10-12(6-8-14(15)13-4-2-1-3-5-13)7-9-17(26)24-16(11-25)18(23)27/h1-6,8,10,16,25H,11H2,(H2,23,27)(H,24,26)/t16-/m0/s1. The Kier molecular flexibility index (Phi) is 6.21. The number of aliphatic hydroxyl groups is 1. The summed E-state index contributed by atoms with van der Waals surface area (Å²) in [6.45, 7) is -0.716. The molecule has 1 atom stereocenters. The molecule has 0 aliphatic rings. The molecule has 0 unspecified atom stereocenters. The number of carbonyl (C=O) groups is 2. The number of hydrogen-bond donors (Lipinski definition) is 3. The number of nitrogens with one attached hydrogen (secondary N) is 1.